The van der Waals surface area contributed by atoms with E-state index in [1.165, 1.54) is 5.92 Å². The number of nitrogens with zero attached hydrogens (tertiary/aromatic N) is 1. The number of hydrogen-bond acceptors (Lipinski definition) is 10. The molecule has 0 saturated carbocycles. The third-order valence-electron chi connectivity index (χ3n) is 3.66. The molecule has 6 atom stereocenters. The number of rotatable bonds is 8. The van der Waals surface area contributed by atoms with Gasteiger partial charge < -0.3 is 29.4 Å². The Morgan fingerprint density at radius 2 is 1.88 bits per heavy atom. The van der Waals surface area contributed by atoms with Crippen molar-refractivity contribution in [3.63, 3.8) is 0 Å². The summed E-state index contributed by atoms with van der Waals surface area (Å²) in [5, 5.41) is 10.1. The van der Waals surface area contributed by atoms with Crippen LogP contribution < -0.4 is 5.69 Å². The van der Waals surface area contributed by atoms with E-state index >= 15 is 4.39 Å². The number of hydrogen-bond donors (Lipinski definition) is 6. The molecule has 3 unspecified atom stereocenters. The molecule has 1 aromatic heterocycles. The van der Waals surface area contributed by atoms with E-state index in [0.717, 1.165) is 0 Å². The summed E-state index contributed by atoms with van der Waals surface area (Å²) in [6.45, 7) is -1.28. The SMILES string of the molecule is C#C[C@@]1(F)C(O)[C@@H](COP(=O)(O)OP(=O)(O)OP(=O)(O)O)O[C@H]1n1cc(F)c(=S)[nH]c1=O. The van der Waals surface area contributed by atoms with Crippen molar-refractivity contribution in [2.45, 2.75) is 24.1 Å². The minimum Gasteiger partial charge on any atom is -0.386 e. The van der Waals surface area contributed by atoms with E-state index in [-0.39, 0.29) is 4.57 Å². The van der Waals surface area contributed by atoms with Crippen molar-refractivity contribution in [1.29, 1.82) is 0 Å². The molecule has 32 heavy (non-hydrogen) atoms. The van der Waals surface area contributed by atoms with E-state index in [9.17, 15) is 32.9 Å². The third kappa shape index (κ3) is 6.25. The van der Waals surface area contributed by atoms with Gasteiger partial charge in [0.25, 0.3) is 0 Å². The topological polar surface area (TPSA) is 227 Å². The molecule has 0 amide bonds. The van der Waals surface area contributed by atoms with Crippen LogP contribution in [0, 0.1) is 22.8 Å². The molecular weight excluding hydrogens is 531 g/mol. The van der Waals surface area contributed by atoms with Gasteiger partial charge in [0.15, 0.2) is 12.0 Å². The van der Waals surface area contributed by atoms with Crippen molar-refractivity contribution in [3.8, 4) is 12.3 Å². The number of aromatic amines is 1. The normalized spacial score (nSPS) is 29.8. The summed E-state index contributed by atoms with van der Waals surface area (Å²) in [7, 11) is -17.1. The van der Waals surface area contributed by atoms with Gasteiger partial charge in [-0.3, -0.25) is 14.1 Å². The standard InChI is InChI=1S/C11H13F2N2O13P3S/c1-2-11(13)7(16)6(26-9(11)15-3-5(12)8(32)14-10(15)17)4-25-30(21,22)28-31(23,24)27-29(18,19)20/h1,3,6-7,9,16H,4H2,(H,21,22)(H,23,24)(H,14,17,32)(H2,18,19,20)/t6-,7?,9-,11-/m1/s1. The smallest absolute Gasteiger partial charge is 0.386 e. The Hall–Kier alpha value is -1.15. The molecule has 21 heteroatoms. The number of aromatic nitrogens is 2. The van der Waals surface area contributed by atoms with Crippen LogP contribution in [0.3, 0.4) is 0 Å². The fourth-order valence-corrected chi connectivity index (χ4v) is 5.59. The second-order valence-corrected chi connectivity index (χ2v) is 10.7. The van der Waals surface area contributed by atoms with Crippen molar-refractivity contribution in [3.05, 3.63) is 27.1 Å². The Balaban J connectivity index is 2.23. The monoisotopic (exact) mass is 544 g/mol. The lowest BCUT2D eigenvalue weighted by Gasteiger charge is -2.23. The molecule has 2 heterocycles. The first-order valence-corrected chi connectivity index (χ1v) is 12.6. The Morgan fingerprint density at radius 1 is 1.28 bits per heavy atom. The zero-order chi connectivity index (χ0) is 24.7. The third-order valence-corrected chi connectivity index (χ3v) is 7.76. The quantitative estimate of drug-likeness (QED) is 0.144. The fourth-order valence-electron chi connectivity index (χ4n) is 2.42. The number of H-pyrrole nitrogens is 1. The summed E-state index contributed by atoms with van der Waals surface area (Å²) < 4.78 is 78.4. The molecule has 180 valence electrons. The van der Waals surface area contributed by atoms with Gasteiger partial charge in [0.1, 0.15) is 16.8 Å². The van der Waals surface area contributed by atoms with E-state index in [0.29, 0.717) is 6.20 Å². The summed E-state index contributed by atoms with van der Waals surface area (Å²) in [6, 6.07) is 0. The Bertz CT molecular complexity index is 1190. The van der Waals surface area contributed by atoms with Crippen molar-refractivity contribution in [2.75, 3.05) is 6.61 Å². The van der Waals surface area contributed by atoms with Crippen LogP contribution in [0.4, 0.5) is 8.78 Å². The first-order chi connectivity index (χ1) is 14.4. The highest BCUT2D eigenvalue weighted by molar-refractivity contribution is 7.71. The molecule has 1 fully saturated rings. The number of aliphatic hydroxyl groups excluding tert-OH is 1. The molecule has 1 aromatic rings. The van der Waals surface area contributed by atoms with Crippen LogP contribution in [-0.2, 0) is 31.6 Å². The number of aliphatic hydroxyl groups is 1. The van der Waals surface area contributed by atoms with E-state index in [1.54, 1.807) is 0 Å². The van der Waals surface area contributed by atoms with Gasteiger partial charge in [-0.05, 0) is 0 Å². The summed E-state index contributed by atoms with van der Waals surface area (Å²) in [5.41, 5.74) is -4.41. The maximum absolute atomic E-state index is 15.2. The van der Waals surface area contributed by atoms with Crippen molar-refractivity contribution in [1.82, 2.24) is 9.55 Å². The second-order valence-electron chi connectivity index (χ2n) is 5.91. The van der Waals surface area contributed by atoms with Crippen LogP contribution in [0.15, 0.2) is 11.0 Å². The molecule has 1 aliphatic rings. The van der Waals surface area contributed by atoms with Crippen molar-refractivity contribution in [2.24, 2.45) is 0 Å². The Labute approximate surface area is 181 Å². The Kier molecular flexibility index (Phi) is 7.83. The zero-order valence-corrected chi connectivity index (χ0v) is 18.5. The predicted molar refractivity (Wildman–Crippen MR) is 98.3 cm³/mol. The first kappa shape index (κ1) is 27.1. The molecule has 0 aromatic carbocycles. The minimum atomic E-state index is -5.83. The van der Waals surface area contributed by atoms with E-state index in [1.807, 2.05) is 4.98 Å². The highest BCUT2D eigenvalue weighted by Crippen LogP contribution is 2.66. The molecular formula is C11H13F2N2O13P3S. The van der Waals surface area contributed by atoms with Crippen molar-refractivity contribution < 1.29 is 65.0 Å². The number of alkyl halides is 1. The van der Waals surface area contributed by atoms with Gasteiger partial charge in [-0.2, -0.15) is 8.62 Å². The number of nitrogens with one attached hydrogen (secondary N) is 1. The molecule has 1 aliphatic heterocycles. The number of halogens is 2. The number of phosphoric ester groups is 1. The maximum atomic E-state index is 15.2. The molecule has 6 N–H and O–H groups in total. The summed E-state index contributed by atoms with van der Waals surface area (Å²) in [4.78, 5) is 49.3. The molecule has 0 bridgehead atoms. The summed E-state index contributed by atoms with van der Waals surface area (Å²) in [6.07, 6.45) is -1.01. The average Bonchev–Trinajstić information content (AvgIpc) is 2.85. The number of ether oxygens (including phenoxy) is 1. The summed E-state index contributed by atoms with van der Waals surface area (Å²) in [5.74, 6) is 0.331. The van der Waals surface area contributed by atoms with Gasteiger partial charge in [0, 0.05) is 0 Å². The molecule has 15 nitrogen and oxygen atoms in total. The van der Waals surface area contributed by atoms with E-state index < -0.39 is 70.3 Å². The Morgan fingerprint density at radius 3 is 2.41 bits per heavy atom. The van der Waals surface area contributed by atoms with E-state index in [2.05, 4.69) is 25.4 Å². The number of terminal acetylenes is 1. The lowest BCUT2D eigenvalue weighted by atomic mass is 9.97. The highest BCUT2D eigenvalue weighted by atomic mass is 32.1. The van der Waals surface area contributed by atoms with Crippen LogP contribution in [0.25, 0.3) is 0 Å². The molecule has 0 spiro atoms. The van der Waals surface area contributed by atoms with Gasteiger partial charge in [-0.15, -0.1) is 6.42 Å². The average molecular weight is 544 g/mol. The second kappa shape index (κ2) is 9.24. The molecule has 0 radical (unpaired) electrons. The lowest BCUT2D eigenvalue weighted by Crippen LogP contribution is -2.44. The van der Waals surface area contributed by atoms with Gasteiger partial charge in [0.05, 0.1) is 12.8 Å². The van der Waals surface area contributed by atoms with Gasteiger partial charge in [0.2, 0.25) is 5.67 Å². The maximum Gasteiger partial charge on any atom is 0.490 e. The van der Waals surface area contributed by atoms with Gasteiger partial charge in [-0.1, -0.05) is 18.1 Å². The predicted octanol–water partition coefficient (Wildman–Crippen LogP) is -0.0119. The van der Waals surface area contributed by atoms with Gasteiger partial charge >= 0.3 is 29.2 Å². The first-order valence-electron chi connectivity index (χ1n) is 7.70. The largest absolute Gasteiger partial charge is 0.490 e. The van der Waals surface area contributed by atoms with Gasteiger partial charge in [-0.25, -0.2) is 27.3 Å². The van der Waals surface area contributed by atoms with Crippen LogP contribution in [0.5, 0.6) is 0 Å². The number of phosphoric acid groups is 3. The highest BCUT2D eigenvalue weighted by Gasteiger charge is 2.58. The lowest BCUT2D eigenvalue weighted by molar-refractivity contribution is -0.0538. The van der Waals surface area contributed by atoms with E-state index in [4.69, 9.17) is 25.8 Å². The van der Waals surface area contributed by atoms with Crippen LogP contribution in [-0.4, -0.2) is 58.7 Å². The van der Waals surface area contributed by atoms with Crippen LogP contribution in [0.2, 0.25) is 0 Å². The molecule has 1 saturated heterocycles. The minimum absolute atomic E-state index is 0.277. The van der Waals surface area contributed by atoms with Crippen molar-refractivity contribution >= 4 is 35.7 Å². The molecule has 2 rings (SSSR count). The van der Waals surface area contributed by atoms with Crippen LogP contribution in [0.1, 0.15) is 6.23 Å². The zero-order valence-electron chi connectivity index (χ0n) is 15.0. The molecule has 0 aliphatic carbocycles. The summed E-state index contributed by atoms with van der Waals surface area (Å²) >= 11 is 4.50. The van der Waals surface area contributed by atoms with Crippen LogP contribution >= 0.6 is 35.7 Å². The fraction of sp³-hybridized carbons (Fsp3) is 0.455.